The van der Waals surface area contributed by atoms with Gasteiger partial charge in [-0.1, -0.05) is 34.9 Å². The minimum Gasteiger partial charge on any atom is -0.294 e. The lowest BCUT2D eigenvalue weighted by Gasteiger charge is -1.94. The summed E-state index contributed by atoms with van der Waals surface area (Å²) in [5.41, 5.74) is 2.05. The van der Waals surface area contributed by atoms with E-state index in [9.17, 15) is 4.79 Å². The van der Waals surface area contributed by atoms with Crippen LogP contribution in [-0.2, 0) is 4.79 Å². The van der Waals surface area contributed by atoms with Crippen molar-refractivity contribution in [2.75, 3.05) is 12.0 Å². The minimum atomic E-state index is -0.217. The Morgan fingerprint density at radius 2 is 2.31 bits per heavy atom. The Bertz CT molecular complexity index is 289. The number of rotatable bonds is 4. The minimum absolute atomic E-state index is 0.217. The highest BCUT2D eigenvalue weighted by atomic mass is 32.2. The van der Waals surface area contributed by atoms with E-state index in [0.717, 1.165) is 8.68 Å². The van der Waals surface area contributed by atoms with Crippen molar-refractivity contribution in [3.05, 3.63) is 0 Å². The van der Waals surface area contributed by atoms with Crippen molar-refractivity contribution in [2.45, 2.75) is 8.68 Å². The van der Waals surface area contributed by atoms with Crippen LogP contribution in [0.15, 0.2) is 8.68 Å². The molecule has 8 heteroatoms. The zero-order chi connectivity index (χ0) is 9.68. The van der Waals surface area contributed by atoms with Crippen molar-refractivity contribution in [3.8, 4) is 0 Å². The molecule has 0 fully saturated rings. The van der Waals surface area contributed by atoms with E-state index in [4.69, 9.17) is 5.84 Å². The van der Waals surface area contributed by atoms with Gasteiger partial charge in [0.05, 0.1) is 5.75 Å². The molecule has 0 spiro atoms. The van der Waals surface area contributed by atoms with Crippen LogP contribution >= 0.6 is 34.9 Å². The van der Waals surface area contributed by atoms with Gasteiger partial charge in [-0.3, -0.25) is 10.2 Å². The Hall–Kier alpha value is -0.310. The van der Waals surface area contributed by atoms with E-state index in [2.05, 4.69) is 10.2 Å². The van der Waals surface area contributed by atoms with Crippen LogP contribution in [0, 0.1) is 0 Å². The molecule has 0 aromatic carbocycles. The highest BCUT2D eigenvalue weighted by Crippen LogP contribution is 2.26. The first-order chi connectivity index (χ1) is 6.26. The molecule has 0 aliphatic rings. The molecule has 0 unspecified atom stereocenters. The largest absolute Gasteiger partial charge is 0.294 e. The third-order valence-corrected chi connectivity index (χ3v) is 4.08. The van der Waals surface area contributed by atoms with Crippen molar-refractivity contribution < 1.29 is 4.79 Å². The molecule has 1 heterocycles. The van der Waals surface area contributed by atoms with Crippen LogP contribution in [0.25, 0.3) is 0 Å². The molecule has 1 rings (SSSR count). The Labute approximate surface area is 87.8 Å². The quantitative estimate of drug-likeness (QED) is 0.340. The molecule has 13 heavy (non-hydrogen) atoms. The van der Waals surface area contributed by atoms with Crippen LogP contribution in [0.4, 0.5) is 0 Å². The van der Waals surface area contributed by atoms with Gasteiger partial charge in [0.2, 0.25) is 5.91 Å². The summed E-state index contributed by atoms with van der Waals surface area (Å²) in [7, 11) is 0. The van der Waals surface area contributed by atoms with Gasteiger partial charge in [0.15, 0.2) is 8.68 Å². The van der Waals surface area contributed by atoms with Crippen LogP contribution < -0.4 is 11.3 Å². The van der Waals surface area contributed by atoms with E-state index in [0.29, 0.717) is 0 Å². The summed E-state index contributed by atoms with van der Waals surface area (Å²) in [5.74, 6) is 4.98. The van der Waals surface area contributed by atoms with Gasteiger partial charge in [0.1, 0.15) is 0 Å². The van der Waals surface area contributed by atoms with E-state index in [1.54, 1.807) is 0 Å². The van der Waals surface area contributed by atoms with Crippen LogP contribution in [0.3, 0.4) is 0 Å². The third-order valence-electron chi connectivity index (χ3n) is 1.05. The molecular weight excluding hydrogens is 228 g/mol. The first-order valence-corrected chi connectivity index (χ1v) is 6.28. The number of nitrogens with zero attached hydrogens (tertiary/aromatic N) is 2. The van der Waals surface area contributed by atoms with Crippen molar-refractivity contribution in [3.63, 3.8) is 0 Å². The first kappa shape index (κ1) is 10.8. The average molecular weight is 236 g/mol. The van der Waals surface area contributed by atoms with E-state index >= 15 is 0 Å². The molecule has 72 valence electrons. The monoisotopic (exact) mass is 236 g/mol. The van der Waals surface area contributed by atoms with E-state index in [-0.39, 0.29) is 11.7 Å². The number of nitrogens with one attached hydrogen (secondary N) is 1. The Morgan fingerprint density at radius 1 is 1.62 bits per heavy atom. The fourth-order valence-electron chi connectivity index (χ4n) is 0.507. The molecule has 5 nitrogen and oxygen atoms in total. The summed E-state index contributed by atoms with van der Waals surface area (Å²) in [6.07, 6.45) is 1.93. The molecule has 3 N–H and O–H groups in total. The van der Waals surface area contributed by atoms with Crippen molar-refractivity contribution in [2.24, 2.45) is 5.84 Å². The zero-order valence-electron chi connectivity index (χ0n) is 6.81. The number of amides is 1. The second kappa shape index (κ2) is 5.43. The van der Waals surface area contributed by atoms with Gasteiger partial charge >= 0.3 is 0 Å². The number of nitrogens with two attached hydrogens (primary N) is 1. The number of carbonyl (C=O) groups is 1. The van der Waals surface area contributed by atoms with Gasteiger partial charge in [-0.15, -0.1) is 10.2 Å². The normalized spacial score (nSPS) is 10.0. The summed E-state index contributed by atoms with van der Waals surface area (Å²) < 4.78 is 1.68. The molecule has 1 aromatic rings. The summed E-state index contributed by atoms with van der Waals surface area (Å²) in [6, 6.07) is 0. The van der Waals surface area contributed by atoms with Crippen LogP contribution in [0.1, 0.15) is 0 Å². The molecule has 0 saturated heterocycles. The van der Waals surface area contributed by atoms with Crippen molar-refractivity contribution in [1.82, 2.24) is 15.6 Å². The van der Waals surface area contributed by atoms with Crippen molar-refractivity contribution >= 4 is 40.8 Å². The molecule has 1 amide bonds. The first-order valence-electron chi connectivity index (χ1n) is 3.26. The summed E-state index contributed by atoms with van der Waals surface area (Å²) in [4.78, 5) is 10.8. The Morgan fingerprint density at radius 3 is 2.85 bits per heavy atom. The van der Waals surface area contributed by atoms with Gasteiger partial charge in [-0.05, 0) is 6.26 Å². The molecular formula is C5H8N4OS3. The molecule has 0 saturated carbocycles. The highest BCUT2D eigenvalue weighted by molar-refractivity contribution is 8.03. The van der Waals surface area contributed by atoms with E-state index in [1.165, 1.54) is 34.9 Å². The summed E-state index contributed by atoms with van der Waals surface area (Å²) >= 11 is 4.33. The smallest absolute Gasteiger partial charge is 0.244 e. The number of thioether (sulfide) groups is 2. The van der Waals surface area contributed by atoms with E-state index < -0.39 is 0 Å². The average Bonchev–Trinajstić information content (AvgIpc) is 2.61. The molecule has 0 atom stereocenters. The fourth-order valence-corrected chi connectivity index (χ4v) is 2.76. The lowest BCUT2D eigenvalue weighted by Crippen LogP contribution is -2.31. The maximum Gasteiger partial charge on any atom is 0.244 e. The number of hydrogen-bond donors (Lipinski definition) is 2. The fraction of sp³-hybridized carbons (Fsp3) is 0.400. The third kappa shape index (κ3) is 3.51. The zero-order valence-corrected chi connectivity index (χ0v) is 9.26. The number of aromatic nitrogens is 2. The second-order valence-electron chi connectivity index (χ2n) is 1.89. The van der Waals surface area contributed by atoms with Gasteiger partial charge in [0, 0.05) is 0 Å². The standard InChI is InChI=1S/C5H8N4OS3/c1-11-4-8-9-5(13-4)12-2-3(10)7-6/h2,6H2,1H3,(H,7,10). The summed E-state index contributed by atoms with van der Waals surface area (Å²) in [6.45, 7) is 0. The maximum absolute atomic E-state index is 10.8. The SMILES string of the molecule is CSc1nnc(SCC(=O)NN)s1. The van der Waals surface area contributed by atoms with Crippen molar-refractivity contribution in [1.29, 1.82) is 0 Å². The Balaban J connectivity index is 2.41. The second-order valence-corrected chi connectivity index (χ2v) is 5.15. The van der Waals surface area contributed by atoms with E-state index in [1.807, 2.05) is 11.7 Å². The van der Waals surface area contributed by atoms with Crippen LogP contribution in [-0.4, -0.2) is 28.1 Å². The number of carbonyl (C=O) groups excluding carboxylic acids is 1. The van der Waals surface area contributed by atoms with Gasteiger partial charge in [0.25, 0.3) is 0 Å². The lowest BCUT2D eigenvalue weighted by molar-refractivity contribution is -0.118. The lowest BCUT2D eigenvalue weighted by atomic mass is 10.8. The Kier molecular flexibility index (Phi) is 4.50. The van der Waals surface area contributed by atoms with Gasteiger partial charge in [-0.2, -0.15) is 0 Å². The molecule has 0 bridgehead atoms. The predicted octanol–water partition coefficient (Wildman–Crippen LogP) is 0.342. The number of hydrazine groups is 1. The van der Waals surface area contributed by atoms with Crippen LogP contribution in [0.5, 0.6) is 0 Å². The molecule has 0 radical (unpaired) electrons. The molecule has 0 aliphatic heterocycles. The maximum atomic E-state index is 10.8. The highest BCUT2D eigenvalue weighted by Gasteiger charge is 2.05. The topological polar surface area (TPSA) is 80.9 Å². The molecule has 1 aromatic heterocycles. The van der Waals surface area contributed by atoms with Gasteiger partial charge < -0.3 is 0 Å². The predicted molar refractivity (Wildman–Crippen MR) is 54.7 cm³/mol. The van der Waals surface area contributed by atoms with Gasteiger partial charge in [-0.25, -0.2) is 5.84 Å². The summed E-state index contributed by atoms with van der Waals surface area (Å²) in [5, 5.41) is 7.77. The number of hydrogen-bond acceptors (Lipinski definition) is 7. The van der Waals surface area contributed by atoms with Crippen LogP contribution in [0.2, 0.25) is 0 Å². The molecule has 0 aliphatic carbocycles.